The van der Waals surface area contributed by atoms with E-state index in [9.17, 15) is 10.1 Å². The Labute approximate surface area is 126 Å². The first-order chi connectivity index (χ1) is 10.8. The van der Waals surface area contributed by atoms with Gasteiger partial charge in [0.05, 0.1) is 22.7 Å². The van der Waals surface area contributed by atoms with Crippen LogP contribution in [0.15, 0.2) is 29.6 Å². The molecule has 0 amide bonds. The number of hydrogen-bond donors (Lipinski definition) is 2. The highest BCUT2D eigenvalue weighted by atomic mass is 16.1. The molecule has 3 aromatic rings. The summed E-state index contributed by atoms with van der Waals surface area (Å²) < 4.78 is 2.12. The molecular formula is C16H15N5O. The summed E-state index contributed by atoms with van der Waals surface area (Å²) in [6.07, 6.45) is 11.5. The van der Waals surface area contributed by atoms with Crippen molar-refractivity contribution >= 4 is 10.9 Å². The fraction of sp³-hybridized carbons (Fsp3) is 0.312. The molecule has 6 heteroatoms. The van der Waals surface area contributed by atoms with E-state index in [4.69, 9.17) is 0 Å². The van der Waals surface area contributed by atoms with E-state index in [1.54, 1.807) is 12.4 Å². The van der Waals surface area contributed by atoms with Crippen molar-refractivity contribution in [1.29, 1.82) is 5.26 Å². The number of aromatic nitrogens is 4. The molecule has 1 fully saturated rings. The molecule has 22 heavy (non-hydrogen) atoms. The van der Waals surface area contributed by atoms with Crippen LogP contribution in [0, 0.1) is 11.3 Å². The fourth-order valence-corrected chi connectivity index (χ4v) is 3.48. The molecule has 4 rings (SSSR count). The highest BCUT2D eigenvalue weighted by Crippen LogP contribution is 2.37. The van der Waals surface area contributed by atoms with Crippen LogP contribution < -0.4 is 5.56 Å². The molecule has 110 valence electrons. The second-order valence-electron chi connectivity index (χ2n) is 5.74. The standard InChI is InChI=1S/C16H15N5O/c17-5-10-6-18-16(22)14-13(11-7-19-20-8-11)9-21(15(10)14)12-3-1-2-4-12/h6-9,12H,1-4H2,(H,18,22)(H,19,20). The van der Waals surface area contributed by atoms with Crippen LogP contribution in [-0.2, 0) is 0 Å². The van der Waals surface area contributed by atoms with Crippen LogP contribution >= 0.6 is 0 Å². The summed E-state index contributed by atoms with van der Waals surface area (Å²) in [6, 6.07) is 2.56. The van der Waals surface area contributed by atoms with Crippen molar-refractivity contribution in [3.8, 4) is 17.2 Å². The predicted molar refractivity (Wildman–Crippen MR) is 82.4 cm³/mol. The summed E-state index contributed by atoms with van der Waals surface area (Å²) in [5.74, 6) is 0. The fourth-order valence-electron chi connectivity index (χ4n) is 3.48. The van der Waals surface area contributed by atoms with Gasteiger partial charge in [0.2, 0.25) is 0 Å². The van der Waals surface area contributed by atoms with Crippen LogP contribution in [0.4, 0.5) is 0 Å². The molecule has 0 radical (unpaired) electrons. The van der Waals surface area contributed by atoms with Gasteiger partial charge in [-0.2, -0.15) is 10.4 Å². The predicted octanol–water partition coefficient (Wildman–Crippen LogP) is 2.71. The molecule has 6 nitrogen and oxygen atoms in total. The van der Waals surface area contributed by atoms with E-state index in [1.165, 1.54) is 19.0 Å². The summed E-state index contributed by atoms with van der Waals surface area (Å²) in [6.45, 7) is 0. The van der Waals surface area contributed by atoms with Crippen LogP contribution in [0.3, 0.4) is 0 Å². The average molecular weight is 293 g/mol. The molecule has 0 aliphatic heterocycles. The lowest BCUT2D eigenvalue weighted by Gasteiger charge is -2.13. The van der Waals surface area contributed by atoms with E-state index in [1.807, 2.05) is 6.20 Å². The van der Waals surface area contributed by atoms with Crippen LogP contribution in [0.1, 0.15) is 37.3 Å². The van der Waals surface area contributed by atoms with Crippen LogP contribution in [0.2, 0.25) is 0 Å². The quantitative estimate of drug-likeness (QED) is 0.761. The molecule has 0 unspecified atom stereocenters. The van der Waals surface area contributed by atoms with Gasteiger partial charge >= 0.3 is 0 Å². The zero-order valence-corrected chi connectivity index (χ0v) is 12.0. The molecule has 0 atom stereocenters. The van der Waals surface area contributed by atoms with Crippen molar-refractivity contribution in [2.45, 2.75) is 31.7 Å². The maximum absolute atomic E-state index is 12.4. The SMILES string of the molecule is N#Cc1c[nH]c(=O)c2c(-c3cn[nH]c3)cn(C3CCCC3)c12. The third kappa shape index (κ3) is 1.79. The van der Waals surface area contributed by atoms with E-state index in [0.29, 0.717) is 17.0 Å². The third-order valence-corrected chi connectivity index (χ3v) is 4.51. The first-order valence-electron chi connectivity index (χ1n) is 7.45. The van der Waals surface area contributed by atoms with Crippen molar-refractivity contribution < 1.29 is 0 Å². The van der Waals surface area contributed by atoms with Gasteiger partial charge < -0.3 is 9.55 Å². The normalized spacial score (nSPS) is 15.4. The second kappa shape index (κ2) is 4.88. The van der Waals surface area contributed by atoms with Crippen LogP contribution in [-0.4, -0.2) is 19.7 Å². The van der Waals surface area contributed by atoms with Crippen molar-refractivity contribution in [1.82, 2.24) is 19.7 Å². The Bertz CT molecular complexity index is 920. The minimum Gasteiger partial charge on any atom is -0.342 e. The summed E-state index contributed by atoms with van der Waals surface area (Å²) >= 11 is 0. The number of nitriles is 1. The molecule has 1 aliphatic rings. The number of H-pyrrole nitrogens is 2. The number of aromatic amines is 2. The maximum atomic E-state index is 12.4. The van der Waals surface area contributed by atoms with Crippen LogP contribution in [0.25, 0.3) is 22.0 Å². The lowest BCUT2D eigenvalue weighted by molar-refractivity contribution is 0.535. The van der Waals surface area contributed by atoms with Gasteiger partial charge in [0, 0.05) is 35.8 Å². The first-order valence-corrected chi connectivity index (χ1v) is 7.45. The topological polar surface area (TPSA) is 90.3 Å². The Balaban J connectivity index is 2.09. The smallest absolute Gasteiger partial charge is 0.258 e. The zero-order chi connectivity index (χ0) is 15.1. The molecular weight excluding hydrogens is 278 g/mol. The Kier molecular flexibility index (Phi) is 2.86. The van der Waals surface area contributed by atoms with Gasteiger partial charge in [-0.05, 0) is 12.8 Å². The van der Waals surface area contributed by atoms with E-state index in [2.05, 4.69) is 25.8 Å². The minimum absolute atomic E-state index is 0.165. The molecule has 3 heterocycles. The third-order valence-electron chi connectivity index (χ3n) is 4.51. The largest absolute Gasteiger partial charge is 0.342 e. The lowest BCUT2D eigenvalue weighted by atomic mass is 10.1. The van der Waals surface area contributed by atoms with Crippen molar-refractivity contribution in [3.05, 3.63) is 40.7 Å². The number of nitrogens with one attached hydrogen (secondary N) is 2. The van der Waals surface area contributed by atoms with Crippen molar-refractivity contribution in [2.75, 3.05) is 0 Å². The average Bonchev–Trinajstić information content (AvgIpc) is 3.27. The Morgan fingerprint density at radius 2 is 2.14 bits per heavy atom. The number of rotatable bonds is 2. The molecule has 2 N–H and O–H groups in total. The lowest BCUT2D eigenvalue weighted by Crippen LogP contribution is -2.09. The van der Waals surface area contributed by atoms with Crippen molar-refractivity contribution in [3.63, 3.8) is 0 Å². The molecule has 1 aliphatic carbocycles. The Morgan fingerprint density at radius 3 is 2.82 bits per heavy atom. The van der Waals surface area contributed by atoms with E-state index in [-0.39, 0.29) is 5.56 Å². The van der Waals surface area contributed by atoms with Gasteiger partial charge in [0.1, 0.15) is 6.07 Å². The van der Waals surface area contributed by atoms with E-state index in [0.717, 1.165) is 29.5 Å². The highest BCUT2D eigenvalue weighted by Gasteiger charge is 2.24. The minimum atomic E-state index is -0.165. The second-order valence-corrected chi connectivity index (χ2v) is 5.74. The molecule has 3 aromatic heterocycles. The summed E-state index contributed by atoms with van der Waals surface area (Å²) in [5.41, 5.74) is 2.78. The highest BCUT2D eigenvalue weighted by molar-refractivity contribution is 5.97. The van der Waals surface area contributed by atoms with Gasteiger partial charge in [-0.25, -0.2) is 0 Å². The zero-order valence-electron chi connectivity index (χ0n) is 12.0. The molecule has 0 spiro atoms. The van der Waals surface area contributed by atoms with Crippen molar-refractivity contribution in [2.24, 2.45) is 0 Å². The first kappa shape index (κ1) is 12.9. The van der Waals surface area contributed by atoms with Gasteiger partial charge in [0.25, 0.3) is 5.56 Å². The van der Waals surface area contributed by atoms with Crippen LogP contribution in [0.5, 0.6) is 0 Å². The number of hydrogen-bond acceptors (Lipinski definition) is 3. The number of pyridine rings is 1. The Hall–Kier alpha value is -2.81. The van der Waals surface area contributed by atoms with Gasteiger partial charge in [-0.3, -0.25) is 9.89 Å². The van der Waals surface area contributed by atoms with Gasteiger partial charge in [-0.15, -0.1) is 0 Å². The monoisotopic (exact) mass is 293 g/mol. The Morgan fingerprint density at radius 1 is 1.32 bits per heavy atom. The summed E-state index contributed by atoms with van der Waals surface area (Å²) in [4.78, 5) is 15.1. The van der Waals surface area contributed by atoms with E-state index >= 15 is 0 Å². The number of nitrogens with zero attached hydrogens (tertiary/aromatic N) is 3. The van der Waals surface area contributed by atoms with Gasteiger partial charge in [0.15, 0.2) is 0 Å². The molecule has 1 saturated carbocycles. The molecule has 0 bridgehead atoms. The molecule has 0 aromatic carbocycles. The summed E-state index contributed by atoms with van der Waals surface area (Å²) in [7, 11) is 0. The number of fused-ring (bicyclic) bond motifs is 1. The van der Waals surface area contributed by atoms with Gasteiger partial charge in [-0.1, -0.05) is 12.8 Å². The molecule has 0 saturated heterocycles. The maximum Gasteiger partial charge on any atom is 0.258 e. The summed E-state index contributed by atoms with van der Waals surface area (Å²) in [5, 5.41) is 16.8. The van der Waals surface area contributed by atoms with E-state index < -0.39 is 0 Å².